The van der Waals surface area contributed by atoms with Gasteiger partial charge in [0, 0.05) is 24.7 Å². The maximum absolute atomic E-state index is 13.1. The van der Waals surface area contributed by atoms with Gasteiger partial charge < -0.3 is 4.57 Å². The smallest absolute Gasteiger partial charge is 0.252 e. The van der Waals surface area contributed by atoms with Crippen molar-refractivity contribution >= 4 is 49.1 Å². The Morgan fingerprint density at radius 2 is 2.03 bits per heavy atom. The van der Waals surface area contributed by atoms with Crippen molar-refractivity contribution in [1.29, 1.82) is 0 Å². The van der Waals surface area contributed by atoms with E-state index in [1.54, 1.807) is 18.2 Å². The average molecular weight is 490 g/mol. The highest BCUT2D eigenvalue weighted by Gasteiger charge is 2.33. The van der Waals surface area contributed by atoms with Gasteiger partial charge >= 0.3 is 0 Å². The molecule has 1 aliphatic rings. The molecule has 0 saturated carbocycles. The van der Waals surface area contributed by atoms with E-state index in [2.05, 4.69) is 17.6 Å². The van der Waals surface area contributed by atoms with Gasteiger partial charge in [-0.1, -0.05) is 35.1 Å². The molecule has 168 valence electrons. The second kappa shape index (κ2) is 9.31. The second-order valence-corrected chi connectivity index (χ2v) is 11.2. The summed E-state index contributed by atoms with van der Waals surface area (Å²) < 4.78 is 30.5. The van der Waals surface area contributed by atoms with Crippen molar-refractivity contribution < 1.29 is 13.2 Å². The van der Waals surface area contributed by atoms with Gasteiger partial charge in [-0.15, -0.1) is 6.58 Å². The Kier molecular flexibility index (Phi) is 6.67. The molecule has 1 saturated heterocycles. The molecular weight excluding hydrogens is 466 g/mol. The van der Waals surface area contributed by atoms with Gasteiger partial charge in [-0.3, -0.25) is 4.79 Å². The quantitative estimate of drug-likeness (QED) is 0.499. The molecule has 1 amide bonds. The van der Waals surface area contributed by atoms with Crippen molar-refractivity contribution in [3.8, 4) is 0 Å². The number of fused-ring (bicyclic) bond motifs is 1. The third-order valence-corrected chi connectivity index (χ3v) is 8.71. The first-order valence-electron chi connectivity index (χ1n) is 10.3. The predicted molar refractivity (Wildman–Crippen MR) is 128 cm³/mol. The van der Waals surface area contributed by atoms with Crippen LogP contribution in [0.3, 0.4) is 0 Å². The number of allylic oxidation sites excluding steroid dienone is 1. The van der Waals surface area contributed by atoms with Crippen LogP contribution < -0.4 is 4.80 Å². The first-order valence-corrected chi connectivity index (χ1v) is 13.0. The zero-order chi connectivity index (χ0) is 22.9. The molecule has 0 aliphatic carbocycles. The topological polar surface area (TPSA) is 71.7 Å². The van der Waals surface area contributed by atoms with E-state index in [1.165, 1.54) is 27.8 Å². The van der Waals surface area contributed by atoms with Gasteiger partial charge in [0.25, 0.3) is 5.91 Å². The number of halogens is 1. The fourth-order valence-electron chi connectivity index (χ4n) is 3.87. The van der Waals surface area contributed by atoms with E-state index >= 15 is 0 Å². The number of thiazole rings is 1. The fraction of sp³-hybridized carbons (Fsp3) is 0.304. The highest BCUT2D eigenvalue weighted by Crippen LogP contribution is 2.26. The van der Waals surface area contributed by atoms with Crippen LogP contribution in [0.1, 0.15) is 18.4 Å². The number of sulfonamides is 1. The minimum absolute atomic E-state index is 0.124. The van der Waals surface area contributed by atoms with Crippen LogP contribution in [0.15, 0.2) is 65.0 Å². The van der Waals surface area contributed by atoms with Crippen LogP contribution in [0.2, 0.25) is 5.02 Å². The predicted octanol–water partition coefficient (Wildman–Crippen LogP) is 4.38. The number of hydrogen-bond acceptors (Lipinski definition) is 4. The lowest BCUT2D eigenvalue weighted by Crippen LogP contribution is -2.42. The monoisotopic (exact) mass is 489 g/mol. The number of aryl methyl sites for hydroxylation is 1. The maximum Gasteiger partial charge on any atom is 0.252 e. The summed E-state index contributed by atoms with van der Waals surface area (Å²) in [5.41, 5.74) is 2.14. The summed E-state index contributed by atoms with van der Waals surface area (Å²) in [4.78, 5) is 18.3. The number of carbonyl (C=O) groups is 1. The first-order chi connectivity index (χ1) is 15.3. The molecule has 4 rings (SSSR count). The van der Waals surface area contributed by atoms with Crippen molar-refractivity contribution in [1.82, 2.24) is 8.87 Å². The van der Waals surface area contributed by atoms with Gasteiger partial charge in [-0.2, -0.15) is 9.30 Å². The lowest BCUT2D eigenvalue weighted by molar-refractivity contribution is -0.122. The summed E-state index contributed by atoms with van der Waals surface area (Å²) in [6, 6.07) is 12.2. The van der Waals surface area contributed by atoms with Gasteiger partial charge in [0.15, 0.2) is 4.80 Å². The van der Waals surface area contributed by atoms with Crippen LogP contribution in [0.5, 0.6) is 0 Å². The molecule has 2 aromatic carbocycles. The van der Waals surface area contributed by atoms with E-state index < -0.39 is 15.9 Å². The number of hydrogen-bond donors (Lipinski definition) is 0. The summed E-state index contributed by atoms with van der Waals surface area (Å²) >= 11 is 7.35. The van der Waals surface area contributed by atoms with Crippen molar-refractivity contribution in [3.63, 3.8) is 0 Å². The van der Waals surface area contributed by atoms with Crippen LogP contribution in [0.4, 0.5) is 0 Å². The summed E-state index contributed by atoms with van der Waals surface area (Å²) in [7, 11) is -3.70. The minimum Gasteiger partial charge on any atom is -0.313 e. The zero-order valence-electron chi connectivity index (χ0n) is 17.7. The minimum atomic E-state index is -3.70. The van der Waals surface area contributed by atoms with Crippen LogP contribution in [0, 0.1) is 12.8 Å². The van der Waals surface area contributed by atoms with Crippen LogP contribution in [-0.2, 0) is 21.4 Å². The highest BCUT2D eigenvalue weighted by molar-refractivity contribution is 7.89. The first kappa shape index (κ1) is 22.9. The number of piperidine rings is 1. The second-order valence-electron chi connectivity index (χ2n) is 7.86. The average Bonchev–Trinajstić information content (AvgIpc) is 3.10. The molecule has 9 heteroatoms. The molecule has 1 unspecified atom stereocenters. The molecule has 6 nitrogen and oxygen atoms in total. The Bertz CT molecular complexity index is 1340. The summed E-state index contributed by atoms with van der Waals surface area (Å²) in [5.74, 6) is -0.767. The van der Waals surface area contributed by atoms with E-state index in [4.69, 9.17) is 11.6 Å². The number of amides is 1. The fourth-order valence-corrected chi connectivity index (χ4v) is 6.67. The van der Waals surface area contributed by atoms with E-state index in [1.807, 2.05) is 23.6 Å². The summed E-state index contributed by atoms with van der Waals surface area (Å²) in [6.45, 7) is 6.89. The normalized spacial score (nSPS) is 18.2. The molecule has 0 bridgehead atoms. The molecule has 32 heavy (non-hydrogen) atoms. The summed E-state index contributed by atoms with van der Waals surface area (Å²) in [6.07, 6.45) is 2.99. The van der Waals surface area contributed by atoms with E-state index in [-0.39, 0.29) is 17.3 Å². The summed E-state index contributed by atoms with van der Waals surface area (Å²) in [5, 5.41) is 0.473. The van der Waals surface area contributed by atoms with Crippen LogP contribution in [-0.4, -0.2) is 36.3 Å². The molecule has 1 fully saturated rings. The van der Waals surface area contributed by atoms with Crippen molar-refractivity contribution in [2.24, 2.45) is 10.9 Å². The van der Waals surface area contributed by atoms with Crippen LogP contribution >= 0.6 is 22.9 Å². The number of carbonyl (C=O) groups excluding carboxylic acids is 1. The van der Waals surface area contributed by atoms with Gasteiger partial charge in [0.05, 0.1) is 21.0 Å². The largest absolute Gasteiger partial charge is 0.313 e. The lowest BCUT2D eigenvalue weighted by atomic mass is 9.99. The van der Waals surface area contributed by atoms with Crippen molar-refractivity contribution in [3.05, 3.63) is 70.5 Å². The van der Waals surface area contributed by atoms with Gasteiger partial charge in [-0.25, -0.2) is 8.42 Å². The molecule has 0 N–H and O–H groups in total. The molecule has 0 radical (unpaired) electrons. The highest BCUT2D eigenvalue weighted by atomic mass is 35.5. The Morgan fingerprint density at radius 3 is 2.75 bits per heavy atom. The molecule has 1 aliphatic heterocycles. The van der Waals surface area contributed by atoms with Gasteiger partial charge in [0.1, 0.15) is 0 Å². The van der Waals surface area contributed by atoms with E-state index in [9.17, 15) is 13.2 Å². The SMILES string of the molecule is C=CCn1c(=NC(=O)C2CCCN(S(=O)(=O)c3ccc(Cl)cc3)C2)sc2cc(C)ccc21. The molecule has 2 heterocycles. The number of aromatic nitrogens is 1. The third kappa shape index (κ3) is 4.59. The maximum atomic E-state index is 13.1. The number of nitrogens with zero attached hydrogens (tertiary/aromatic N) is 3. The van der Waals surface area contributed by atoms with Crippen molar-refractivity contribution in [2.75, 3.05) is 13.1 Å². The third-order valence-electron chi connectivity index (χ3n) is 5.54. The Balaban J connectivity index is 1.62. The molecule has 1 aromatic heterocycles. The zero-order valence-corrected chi connectivity index (χ0v) is 20.1. The molecule has 1 atom stereocenters. The van der Waals surface area contributed by atoms with Crippen molar-refractivity contribution in [2.45, 2.75) is 31.2 Å². The van der Waals surface area contributed by atoms with E-state index in [0.717, 1.165) is 15.8 Å². The molecular formula is C23H24ClN3O3S2. The standard InChI is InChI=1S/C23H24ClN3O3S2/c1-3-12-27-20-11-6-16(2)14-21(20)31-23(27)25-22(28)17-5-4-13-26(15-17)32(29,30)19-9-7-18(24)8-10-19/h3,6-11,14,17H,1,4-5,12-13,15H2,2H3. The number of benzene rings is 2. The number of rotatable bonds is 5. The van der Waals surface area contributed by atoms with E-state index in [0.29, 0.717) is 35.8 Å². The van der Waals surface area contributed by atoms with Gasteiger partial charge in [-0.05, 0) is 61.7 Å². The Morgan fingerprint density at radius 1 is 1.28 bits per heavy atom. The molecule has 0 spiro atoms. The Hall–Kier alpha value is -2.26. The van der Waals surface area contributed by atoms with Gasteiger partial charge in [0.2, 0.25) is 10.0 Å². The van der Waals surface area contributed by atoms with Crippen LogP contribution in [0.25, 0.3) is 10.2 Å². The Labute approximate surface area is 196 Å². The lowest BCUT2D eigenvalue weighted by Gasteiger charge is -2.30. The molecule has 3 aromatic rings.